The Hall–Kier alpha value is -1.85. The number of aromatic nitrogens is 1. The number of anilines is 1. The zero-order valence-electron chi connectivity index (χ0n) is 14.7. The molecule has 1 N–H and O–H groups in total. The zero-order chi connectivity index (χ0) is 19.4. The lowest BCUT2D eigenvalue weighted by Crippen LogP contribution is -2.33. The Balaban J connectivity index is 1.77. The molecule has 7 heteroatoms. The summed E-state index contributed by atoms with van der Waals surface area (Å²) in [5, 5.41) is 5.24. The van der Waals surface area contributed by atoms with Gasteiger partial charge in [0.2, 0.25) is 5.91 Å². The van der Waals surface area contributed by atoms with Crippen LogP contribution in [-0.2, 0) is 11.3 Å². The Morgan fingerprint density at radius 3 is 2.48 bits per heavy atom. The van der Waals surface area contributed by atoms with E-state index in [1.54, 1.807) is 24.4 Å². The summed E-state index contributed by atoms with van der Waals surface area (Å²) in [4.78, 5) is 18.9. The second kappa shape index (κ2) is 8.89. The van der Waals surface area contributed by atoms with Crippen LogP contribution in [0, 0.1) is 0 Å². The van der Waals surface area contributed by atoms with Crippen LogP contribution in [0.15, 0.2) is 48.7 Å². The Kier molecular flexibility index (Phi) is 6.55. The van der Waals surface area contributed by atoms with E-state index in [1.165, 1.54) is 0 Å². The molecule has 1 aromatic heterocycles. The van der Waals surface area contributed by atoms with Crippen LogP contribution in [0.5, 0.6) is 0 Å². The van der Waals surface area contributed by atoms with Gasteiger partial charge in [-0.2, -0.15) is 0 Å². The lowest BCUT2D eigenvalue weighted by molar-refractivity contribution is -0.117. The van der Waals surface area contributed by atoms with Crippen LogP contribution in [0.25, 0.3) is 10.9 Å². The van der Waals surface area contributed by atoms with Gasteiger partial charge in [0, 0.05) is 28.7 Å². The molecule has 0 bridgehead atoms. The topological polar surface area (TPSA) is 45.2 Å². The lowest BCUT2D eigenvalue weighted by atomic mass is 10.1. The highest BCUT2D eigenvalue weighted by molar-refractivity contribution is 6.39. The minimum absolute atomic E-state index is 0.178. The van der Waals surface area contributed by atoms with Gasteiger partial charge >= 0.3 is 0 Å². The van der Waals surface area contributed by atoms with Gasteiger partial charge in [-0.15, -0.1) is 0 Å². The lowest BCUT2D eigenvalue weighted by Gasteiger charge is -2.21. The van der Waals surface area contributed by atoms with E-state index in [0.29, 0.717) is 33.8 Å². The van der Waals surface area contributed by atoms with Crippen LogP contribution < -0.4 is 5.32 Å². The number of nitrogens with one attached hydrogen (secondary N) is 1. The predicted octanol–water partition coefficient (Wildman–Crippen LogP) is 5.66. The number of carbonyl (C=O) groups excluding carboxylic acids is 1. The molecule has 2 aromatic carbocycles. The van der Waals surface area contributed by atoms with Crippen LogP contribution in [0.1, 0.15) is 12.5 Å². The number of nitrogens with zero attached hydrogens (tertiary/aromatic N) is 2. The first-order valence-electron chi connectivity index (χ1n) is 8.48. The average Bonchev–Trinajstić information content (AvgIpc) is 2.66. The van der Waals surface area contributed by atoms with Crippen molar-refractivity contribution >= 4 is 57.3 Å². The number of hydrogen-bond acceptors (Lipinski definition) is 3. The molecular formula is C20H18Cl3N3O. The fraction of sp³-hybridized carbons (Fsp3) is 0.200. The molecular weight excluding hydrogens is 405 g/mol. The summed E-state index contributed by atoms with van der Waals surface area (Å²) in [7, 11) is 0. The number of benzene rings is 2. The number of para-hydroxylation sites is 1. The Morgan fingerprint density at radius 2 is 1.78 bits per heavy atom. The molecule has 1 heterocycles. The Bertz CT molecular complexity index is 958. The third-order valence-corrected chi connectivity index (χ3v) is 5.23. The summed E-state index contributed by atoms with van der Waals surface area (Å²) in [6.07, 6.45) is 1.74. The summed E-state index contributed by atoms with van der Waals surface area (Å²) >= 11 is 18.7. The van der Waals surface area contributed by atoms with Crippen LogP contribution >= 0.6 is 34.8 Å². The van der Waals surface area contributed by atoms with Crippen molar-refractivity contribution in [2.75, 3.05) is 18.4 Å². The van der Waals surface area contributed by atoms with Crippen LogP contribution in [0.4, 0.5) is 5.69 Å². The van der Waals surface area contributed by atoms with Gasteiger partial charge < -0.3 is 5.32 Å². The smallest absolute Gasteiger partial charge is 0.238 e. The predicted molar refractivity (Wildman–Crippen MR) is 113 cm³/mol. The highest BCUT2D eigenvalue weighted by atomic mass is 35.5. The van der Waals surface area contributed by atoms with Gasteiger partial charge in [0.1, 0.15) is 0 Å². The van der Waals surface area contributed by atoms with Crippen molar-refractivity contribution in [1.82, 2.24) is 9.88 Å². The number of fused-ring (bicyclic) bond motifs is 1. The van der Waals surface area contributed by atoms with Gasteiger partial charge in [-0.1, -0.05) is 59.9 Å². The van der Waals surface area contributed by atoms with E-state index < -0.39 is 0 Å². The van der Waals surface area contributed by atoms with Crippen molar-refractivity contribution in [2.45, 2.75) is 13.5 Å². The van der Waals surface area contributed by atoms with Gasteiger partial charge in [0.15, 0.2) is 0 Å². The van der Waals surface area contributed by atoms with E-state index in [4.69, 9.17) is 34.8 Å². The molecule has 3 aromatic rings. The van der Waals surface area contributed by atoms with Gasteiger partial charge in [0.05, 0.1) is 27.8 Å². The van der Waals surface area contributed by atoms with E-state index in [0.717, 1.165) is 16.5 Å². The standard InChI is InChI=1S/C20H18Cl3N3O/c1-2-26(12-18(27)25-20-16(22)6-3-7-17(20)23)11-14-15(21)9-8-13-5-4-10-24-19(13)14/h3-10H,2,11-12H2,1H3,(H,25,27). The van der Waals surface area contributed by atoms with Crippen molar-refractivity contribution in [1.29, 1.82) is 0 Å². The van der Waals surface area contributed by atoms with E-state index in [-0.39, 0.29) is 12.5 Å². The minimum Gasteiger partial charge on any atom is -0.322 e. The number of rotatable bonds is 6. The molecule has 0 aliphatic heterocycles. The summed E-state index contributed by atoms with van der Waals surface area (Å²) < 4.78 is 0. The normalized spacial score (nSPS) is 11.1. The van der Waals surface area contributed by atoms with Gasteiger partial charge in [-0.25, -0.2) is 0 Å². The largest absolute Gasteiger partial charge is 0.322 e. The van der Waals surface area contributed by atoms with Gasteiger partial charge in [-0.05, 0) is 30.8 Å². The highest BCUT2D eigenvalue weighted by Gasteiger charge is 2.16. The molecule has 0 saturated carbocycles. The molecule has 4 nitrogen and oxygen atoms in total. The number of halogens is 3. The second-order valence-electron chi connectivity index (χ2n) is 6.05. The summed E-state index contributed by atoms with van der Waals surface area (Å²) in [6.45, 7) is 3.34. The monoisotopic (exact) mass is 421 g/mol. The molecule has 0 spiro atoms. The first-order valence-corrected chi connectivity index (χ1v) is 9.61. The molecule has 0 saturated heterocycles. The highest BCUT2D eigenvalue weighted by Crippen LogP contribution is 2.30. The molecule has 3 rings (SSSR count). The van der Waals surface area contributed by atoms with Crippen molar-refractivity contribution in [3.05, 3.63) is 69.3 Å². The maximum atomic E-state index is 12.5. The molecule has 0 radical (unpaired) electrons. The number of likely N-dealkylation sites (N-methyl/N-ethyl adjacent to an activating group) is 1. The molecule has 0 unspecified atom stereocenters. The van der Waals surface area contributed by atoms with E-state index in [9.17, 15) is 4.79 Å². The van der Waals surface area contributed by atoms with Crippen LogP contribution in [-0.4, -0.2) is 28.9 Å². The van der Waals surface area contributed by atoms with Crippen molar-refractivity contribution in [2.24, 2.45) is 0 Å². The number of pyridine rings is 1. The molecule has 0 aliphatic carbocycles. The van der Waals surface area contributed by atoms with E-state index >= 15 is 0 Å². The number of carbonyl (C=O) groups is 1. The minimum atomic E-state index is -0.198. The quantitative estimate of drug-likeness (QED) is 0.558. The maximum absolute atomic E-state index is 12.5. The first-order chi connectivity index (χ1) is 13.0. The van der Waals surface area contributed by atoms with E-state index in [2.05, 4.69) is 10.3 Å². The van der Waals surface area contributed by atoms with Crippen LogP contribution in [0.2, 0.25) is 15.1 Å². The third-order valence-electron chi connectivity index (χ3n) is 4.25. The van der Waals surface area contributed by atoms with E-state index in [1.807, 2.05) is 36.1 Å². The fourth-order valence-corrected chi connectivity index (χ4v) is 3.54. The summed E-state index contributed by atoms with van der Waals surface area (Å²) in [5.41, 5.74) is 2.17. The van der Waals surface area contributed by atoms with Crippen molar-refractivity contribution < 1.29 is 4.79 Å². The zero-order valence-corrected chi connectivity index (χ0v) is 16.9. The van der Waals surface area contributed by atoms with Gasteiger partial charge in [0.25, 0.3) is 0 Å². The number of amides is 1. The van der Waals surface area contributed by atoms with Crippen molar-refractivity contribution in [3.63, 3.8) is 0 Å². The Labute approximate surface area is 173 Å². The second-order valence-corrected chi connectivity index (χ2v) is 7.27. The third kappa shape index (κ3) is 4.71. The Morgan fingerprint density at radius 1 is 1.04 bits per heavy atom. The molecule has 0 aliphatic rings. The maximum Gasteiger partial charge on any atom is 0.238 e. The van der Waals surface area contributed by atoms with Gasteiger partial charge in [-0.3, -0.25) is 14.7 Å². The fourth-order valence-electron chi connectivity index (χ4n) is 2.83. The summed E-state index contributed by atoms with van der Waals surface area (Å²) in [5.74, 6) is -0.198. The molecule has 0 fully saturated rings. The molecule has 140 valence electrons. The summed E-state index contributed by atoms with van der Waals surface area (Å²) in [6, 6.07) is 12.8. The SMILES string of the molecule is CCN(CC(=O)Nc1c(Cl)cccc1Cl)Cc1c(Cl)ccc2cccnc12. The molecule has 0 atom stereocenters. The number of hydrogen-bond donors (Lipinski definition) is 1. The average molecular weight is 423 g/mol. The van der Waals surface area contributed by atoms with Crippen molar-refractivity contribution in [3.8, 4) is 0 Å². The first kappa shape index (κ1) is 19.9. The molecule has 27 heavy (non-hydrogen) atoms. The molecule has 1 amide bonds. The van der Waals surface area contributed by atoms with Crippen LogP contribution in [0.3, 0.4) is 0 Å².